The summed E-state index contributed by atoms with van der Waals surface area (Å²) in [5.41, 5.74) is 1.10. The Kier molecular flexibility index (Phi) is 4.29. The molecule has 0 atom stereocenters. The molecule has 0 radical (unpaired) electrons. The maximum atomic E-state index is 11.1. The minimum absolute atomic E-state index is 0.111. The van der Waals surface area contributed by atoms with Crippen LogP contribution in [0.4, 0.5) is 17.1 Å². The smallest absolute Gasteiger partial charge is 0.311 e. The second kappa shape index (κ2) is 5.95. The van der Waals surface area contributed by atoms with Crippen LogP contribution in [0, 0.1) is 10.1 Å². The van der Waals surface area contributed by atoms with Gasteiger partial charge in [-0.1, -0.05) is 29.8 Å². The fraction of sp³-hybridized carbons (Fsp3) is 0.0769. The summed E-state index contributed by atoms with van der Waals surface area (Å²) in [5, 5.41) is 14.3. The standard InChI is InChI=1S/C13H11ClN2O2S/c1-19-12-8-3-2-6-10(12)15-11-7-4-5-9(14)13(11)16(17)18/h2-8,15H,1H3. The first kappa shape index (κ1) is 13.7. The lowest BCUT2D eigenvalue weighted by Gasteiger charge is -2.11. The number of nitro groups is 1. The molecule has 0 unspecified atom stereocenters. The van der Waals surface area contributed by atoms with Crippen LogP contribution in [0.5, 0.6) is 0 Å². The third kappa shape index (κ3) is 3.00. The lowest BCUT2D eigenvalue weighted by Crippen LogP contribution is -1.98. The van der Waals surface area contributed by atoms with Crippen LogP contribution in [0.3, 0.4) is 0 Å². The van der Waals surface area contributed by atoms with Gasteiger partial charge < -0.3 is 5.32 Å². The number of benzene rings is 2. The number of rotatable bonds is 4. The van der Waals surface area contributed by atoms with E-state index in [0.29, 0.717) is 5.69 Å². The van der Waals surface area contributed by atoms with Crippen molar-refractivity contribution in [2.24, 2.45) is 0 Å². The van der Waals surface area contributed by atoms with E-state index in [1.165, 1.54) is 6.07 Å². The highest BCUT2D eigenvalue weighted by atomic mass is 35.5. The van der Waals surface area contributed by atoms with Gasteiger partial charge in [-0.05, 0) is 30.5 Å². The van der Waals surface area contributed by atoms with Gasteiger partial charge in [0.05, 0.1) is 10.6 Å². The molecule has 0 heterocycles. The Bertz CT molecular complexity index is 619. The van der Waals surface area contributed by atoms with E-state index < -0.39 is 4.92 Å². The zero-order chi connectivity index (χ0) is 13.8. The van der Waals surface area contributed by atoms with Gasteiger partial charge in [0.2, 0.25) is 0 Å². The minimum atomic E-state index is -0.480. The molecule has 0 aromatic heterocycles. The van der Waals surface area contributed by atoms with Crippen molar-refractivity contribution in [1.82, 2.24) is 0 Å². The Morgan fingerprint density at radius 3 is 2.53 bits per heavy atom. The first-order chi connectivity index (χ1) is 9.13. The molecule has 0 aliphatic rings. The second-order valence-electron chi connectivity index (χ2n) is 3.72. The summed E-state index contributed by atoms with van der Waals surface area (Å²) in [4.78, 5) is 11.6. The summed E-state index contributed by atoms with van der Waals surface area (Å²) in [6.45, 7) is 0. The number of nitrogens with zero attached hydrogens (tertiary/aromatic N) is 1. The molecular formula is C13H11ClN2O2S. The van der Waals surface area contributed by atoms with E-state index >= 15 is 0 Å². The first-order valence-corrected chi connectivity index (χ1v) is 7.06. The van der Waals surface area contributed by atoms with Crippen LogP contribution in [-0.4, -0.2) is 11.2 Å². The van der Waals surface area contributed by atoms with Crippen LogP contribution in [0.15, 0.2) is 47.4 Å². The minimum Gasteiger partial charge on any atom is -0.349 e. The molecular weight excluding hydrogens is 284 g/mol. The summed E-state index contributed by atoms with van der Waals surface area (Å²) in [7, 11) is 0. The Hall–Kier alpha value is -1.72. The zero-order valence-corrected chi connectivity index (χ0v) is 11.7. The van der Waals surface area contributed by atoms with Crippen LogP contribution in [0.1, 0.15) is 0 Å². The van der Waals surface area contributed by atoms with Gasteiger partial charge in [0.1, 0.15) is 10.7 Å². The average Bonchev–Trinajstić information content (AvgIpc) is 2.39. The normalized spacial score (nSPS) is 10.2. The molecule has 1 N–H and O–H groups in total. The lowest BCUT2D eigenvalue weighted by atomic mass is 10.2. The van der Waals surface area contributed by atoms with Crippen molar-refractivity contribution < 1.29 is 4.92 Å². The molecule has 0 saturated carbocycles. The molecule has 2 rings (SSSR count). The highest BCUT2D eigenvalue weighted by Gasteiger charge is 2.18. The van der Waals surface area contributed by atoms with Gasteiger partial charge in [-0.15, -0.1) is 11.8 Å². The average molecular weight is 295 g/mol. The van der Waals surface area contributed by atoms with E-state index in [9.17, 15) is 10.1 Å². The van der Waals surface area contributed by atoms with Crippen LogP contribution in [0.2, 0.25) is 5.02 Å². The summed E-state index contributed by atoms with van der Waals surface area (Å²) in [6, 6.07) is 12.4. The van der Waals surface area contributed by atoms with Gasteiger partial charge >= 0.3 is 5.69 Å². The predicted octanol–water partition coefficient (Wildman–Crippen LogP) is 4.71. The van der Waals surface area contributed by atoms with Crippen LogP contribution in [0.25, 0.3) is 0 Å². The molecule has 0 spiro atoms. The molecule has 98 valence electrons. The maximum absolute atomic E-state index is 11.1. The van der Waals surface area contributed by atoms with Gasteiger partial charge in [0, 0.05) is 4.90 Å². The van der Waals surface area contributed by atoms with Gasteiger partial charge in [-0.2, -0.15) is 0 Å². The lowest BCUT2D eigenvalue weighted by molar-refractivity contribution is -0.383. The molecule has 0 amide bonds. The van der Waals surface area contributed by atoms with Crippen molar-refractivity contribution in [2.45, 2.75) is 4.90 Å². The number of para-hydroxylation sites is 2. The molecule has 0 aliphatic heterocycles. The number of halogens is 1. The Morgan fingerprint density at radius 1 is 1.16 bits per heavy atom. The van der Waals surface area contributed by atoms with Crippen molar-refractivity contribution in [3.05, 3.63) is 57.6 Å². The fourth-order valence-electron chi connectivity index (χ4n) is 1.69. The first-order valence-electron chi connectivity index (χ1n) is 5.46. The molecule has 0 fully saturated rings. The van der Waals surface area contributed by atoms with E-state index in [2.05, 4.69) is 5.32 Å². The van der Waals surface area contributed by atoms with Gasteiger partial charge in [-0.3, -0.25) is 10.1 Å². The number of nitrogens with one attached hydrogen (secondary N) is 1. The molecule has 19 heavy (non-hydrogen) atoms. The number of anilines is 2. The maximum Gasteiger partial charge on any atom is 0.311 e. The SMILES string of the molecule is CSc1ccccc1Nc1cccc(Cl)c1[N+](=O)[O-]. The molecule has 2 aromatic rings. The molecule has 4 nitrogen and oxygen atoms in total. The largest absolute Gasteiger partial charge is 0.349 e. The molecule has 0 bridgehead atoms. The third-order valence-electron chi connectivity index (χ3n) is 2.55. The summed E-state index contributed by atoms with van der Waals surface area (Å²) in [6.07, 6.45) is 1.95. The summed E-state index contributed by atoms with van der Waals surface area (Å²) in [5.74, 6) is 0. The Labute approximate surface area is 119 Å². The number of hydrogen-bond donors (Lipinski definition) is 1. The van der Waals surface area contributed by atoms with Crippen LogP contribution in [-0.2, 0) is 0 Å². The zero-order valence-electron chi connectivity index (χ0n) is 10.1. The van der Waals surface area contributed by atoms with Crippen LogP contribution >= 0.6 is 23.4 Å². The topological polar surface area (TPSA) is 55.2 Å². The van der Waals surface area contributed by atoms with E-state index in [1.807, 2.05) is 30.5 Å². The third-order valence-corrected chi connectivity index (χ3v) is 3.65. The van der Waals surface area contributed by atoms with E-state index in [-0.39, 0.29) is 10.7 Å². The monoisotopic (exact) mass is 294 g/mol. The molecule has 0 aliphatic carbocycles. The van der Waals surface area contributed by atoms with Crippen molar-refractivity contribution in [3.63, 3.8) is 0 Å². The number of thioether (sulfide) groups is 1. The van der Waals surface area contributed by atoms with Crippen molar-refractivity contribution >= 4 is 40.4 Å². The van der Waals surface area contributed by atoms with Gasteiger partial charge in [0.25, 0.3) is 0 Å². The van der Waals surface area contributed by atoms with Crippen molar-refractivity contribution in [1.29, 1.82) is 0 Å². The molecule has 6 heteroatoms. The highest BCUT2D eigenvalue weighted by Crippen LogP contribution is 2.36. The van der Waals surface area contributed by atoms with Crippen LogP contribution < -0.4 is 5.32 Å². The predicted molar refractivity (Wildman–Crippen MR) is 79.6 cm³/mol. The summed E-state index contributed by atoms with van der Waals surface area (Å²) < 4.78 is 0. The quantitative estimate of drug-likeness (QED) is 0.504. The van der Waals surface area contributed by atoms with E-state index in [4.69, 9.17) is 11.6 Å². The summed E-state index contributed by atoms with van der Waals surface area (Å²) >= 11 is 7.45. The Morgan fingerprint density at radius 2 is 1.84 bits per heavy atom. The van der Waals surface area contributed by atoms with Crippen molar-refractivity contribution in [2.75, 3.05) is 11.6 Å². The highest BCUT2D eigenvalue weighted by molar-refractivity contribution is 7.98. The number of nitro benzene ring substituents is 1. The van der Waals surface area contributed by atoms with Gasteiger partial charge in [0.15, 0.2) is 0 Å². The number of hydrogen-bond acceptors (Lipinski definition) is 4. The van der Waals surface area contributed by atoms with Gasteiger partial charge in [-0.25, -0.2) is 0 Å². The Balaban J connectivity index is 2.44. The second-order valence-corrected chi connectivity index (χ2v) is 4.97. The van der Waals surface area contributed by atoms with Crippen molar-refractivity contribution in [3.8, 4) is 0 Å². The van der Waals surface area contributed by atoms with E-state index in [1.54, 1.807) is 23.9 Å². The fourth-order valence-corrected chi connectivity index (χ4v) is 2.49. The molecule has 2 aromatic carbocycles. The van der Waals surface area contributed by atoms with E-state index in [0.717, 1.165) is 10.6 Å². The molecule has 0 saturated heterocycles.